The van der Waals surface area contributed by atoms with Crippen LogP contribution in [-0.2, 0) is 4.84 Å². The number of carbonyl (C=O) groups excluding carboxylic acids is 2. The Hall–Kier alpha value is -1.09. The molecule has 0 unspecified atom stereocenters. The number of rotatable bonds is 3. The minimum atomic E-state index is -0.583. The molecule has 0 aliphatic heterocycles. The molecule has 21 heavy (non-hydrogen) atoms. The second-order valence-corrected chi connectivity index (χ2v) is 5.69. The summed E-state index contributed by atoms with van der Waals surface area (Å²) in [6, 6.07) is 3.09. The predicted octanol–water partition coefficient (Wildman–Crippen LogP) is 4.10. The lowest BCUT2D eigenvalue weighted by Crippen LogP contribution is -2.24. The highest BCUT2D eigenvalue weighted by Gasteiger charge is 2.14. The van der Waals surface area contributed by atoms with Crippen LogP contribution in [0.15, 0.2) is 42.4 Å². The zero-order chi connectivity index (χ0) is 16.0. The zero-order valence-corrected chi connectivity index (χ0v) is 14.9. The number of hydrogen-bond donors (Lipinski definition) is 0. The van der Waals surface area contributed by atoms with Crippen LogP contribution in [-0.4, -0.2) is 30.4 Å². The standard InChI is InChI=1S/C7H8BrNO3.C5H2BrClO2/c1-9(11-2)7(10)6-3-5(8)4-12-6;6-3-1-4(5(7)8)9-2-3/h3-4H,1-2H3;1-2H. The SMILES string of the molecule is CON(C)C(=O)c1cc(Br)co1.O=C(Cl)c1cc(Br)co1. The van der Waals surface area contributed by atoms with Crippen LogP contribution in [0.4, 0.5) is 0 Å². The number of furan rings is 2. The van der Waals surface area contributed by atoms with Gasteiger partial charge in [-0.25, -0.2) is 5.06 Å². The van der Waals surface area contributed by atoms with Gasteiger partial charge in [0.05, 0.1) is 16.1 Å². The average Bonchev–Trinajstić information content (AvgIpc) is 3.06. The normalized spacial score (nSPS) is 9.76. The Bertz CT molecular complexity index is 625. The Morgan fingerprint density at radius 2 is 1.62 bits per heavy atom. The van der Waals surface area contributed by atoms with Gasteiger partial charge in [-0.05, 0) is 43.5 Å². The lowest BCUT2D eigenvalue weighted by molar-refractivity contribution is -0.0773. The van der Waals surface area contributed by atoms with Gasteiger partial charge in [-0.2, -0.15) is 0 Å². The molecule has 2 aromatic rings. The quantitative estimate of drug-likeness (QED) is 0.528. The molecular weight excluding hydrogens is 433 g/mol. The van der Waals surface area contributed by atoms with Crippen molar-refractivity contribution in [3.63, 3.8) is 0 Å². The third-order valence-electron chi connectivity index (χ3n) is 2.10. The average molecular weight is 443 g/mol. The fourth-order valence-electron chi connectivity index (χ4n) is 1.08. The molecule has 0 aliphatic carbocycles. The second kappa shape index (κ2) is 8.38. The fraction of sp³-hybridized carbons (Fsp3) is 0.167. The molecular formula is C12H10Br2ClNO5. The van der Waals surface area contributed by atoms with Crippen LogP contribution >= 0.6 is 43.5 Å². The van der Waals surface area contributed by atoms with Gasteiger partial charge in [0.2, 0.25) is 0 Å². The highest BCUT2D eigenvalue weighted by atomic mass is 79.9. The predicted molar refractivity (Wildman–Crippen MR) is 82.1 cm³/mol. The van der Waals surface area contributed by atoms with E-state index < -0.39 is 5.24 Å². The van der Waals surface area contributed by atoms with Crippen LogP contribution in [0.2, 0.25) is 0 Å². The minimum absolute atomic E-state index is 0.156. The summed E-state index contributed by atoms with van der Waals surface area (Å²) in [5.74, 6) is 0.0815. The minimum Gasteiger partial charge on any atom is -0.459 e. The van der Waals surface area contributed by atoms with E-state index in [9.17, 15) is 9.59 Å². The molecule has 0 aromatic carbocycles. The van der Waals surface area contributed by atoms with Crippen LogP contribution in [0, 0.1) is 0 Å². The van der Waals surface area contributed by atoms with E-state index in [4.69, 9.17) is 20.4 Å². The lowest BCUT2D eigenvalue weighted by atomic mass is 10.4. The third-order valence-corrected chi connectivity index (χ3v) is 3.12. The van der Waals surface area contributed by atoms with Crippen molar-refractivity contribution in [1.29, 1.82) is 0 Å². The number of hydrogen-bond acceptors (Lipinski definition) is 5. The summed E-state index contributed by atoms with van der Waals surface area (Å²) in [4.78, 5) is 26.3. The second-order valence-electron chi connectivity index (χ2n) is 3.52. The maximum Gasteiger partial charge on any atom is 0.312 e. The first kappa shape index (κ1) is 18.0. The first-order valence-electron chi connectivity index (χ1n) is 5.35. The maximum absolute atomic E-state index is 11.3. The Balaban J connectivity index is 0.000000219. The van der Waals surface area contributed by atoms with Crippen molar-refractivity contribution in [2.24, 2.45) is 0 Å². The molecule has 6 nitrogen and oxygen atoms in total. The molecule has 0 saturated heterocycles. The van der Waals surface area contributed by atoms with Gasteiger partial charge in [0.25, 0.3) is 5.24 Å². The monoisotopic (exact) mass is 441 g/mol. The van der Waals surface area contributed by atoms with Crippen LogP contribution in [0.5, 0.6) is 0 Å². The van der Waals surface area contributed by atoms with E-state index in [2.05, 4.69) is 36.7 Å². The van der Waals surface area contributed by atoms with Crippen molar-refractivity contribution in [2.45, 2.75) is 0 Å². The fourth-order valence-corrected chi connectivity index (χ4v) is 1.78. The van der Waals surface area contributed by atoms with Crippen molar-refractivity contribution in [3.05, 3.63) is 45.1 Å². The van der Waals surface area contributed by atoms with Crippen molar-refractivity contribution in [1.82, 2.24) is 5.06 Å². The van der Waals surface area contributed by atoms with E-state index in [1.165, 1.54) is 32.8 Å². The van der Waals surface area contributed by atoms with Crippen LogP contribution in [0.3, 0.4) is 0 Å². The Morgan fingerprint density at radius 1 is 1.14 bits per heavy atom. The first-order valence-corrected chi connectivity index (χ1v) is 7.31. The van der Waals surface area contributed by atoms with Gasteiger partial charge in [0, 0.05) is 19.2 Å². The van der Waals surface area contributed by atoms with Gasteiger partial charge in [-0.1, -0.05) is 0 Å². The molecule has 2 aromatic heterocycles. The Morgan fingerprint density at radius 3 is 1.90 bits per heavy atom. The van der Waals surface area contributed by atoms with E-state index in [1.54, 1.807) is 6.07 Å². The topological polar surface area (TPSA) is 72.9 Å². The summed E-state index contributed by atoms with van der Waals surface area (Å²) < 4.78 is 11.1. The molecule has 0 radical (unpaired) electrons. The van der Waals surface area contributed by atoms with Crippen LogP contribution in [0.1, 0.15) is 21.1 Å². The lowest BCUT2D eigenvalue weighted by Gasteiger charge is -2.10. The van der Waals surface area contributed by atoms with E-state index in [0.717, 1.165) is 9.54 Å². The van der Waals surface area contributed by atoms with Gasteiger partial charge < -0.3 is 8.83 Å². The van der Waals surface area contributed by atoms with Crippen molar-refractivity contribution in [3.8, 4) is 0 Å². The van der Waals surface area contributed by atoms with Gasteiger partial charge >= 0.3 is 5.91 Å². The molecule has 2 heterocycles. The number of carbonyl (C=O) groups is 2. The number of amides is 1. The smallest absolute Gasteiger partial charge is 0.312 e. The molecule has 2 rings (SSSR count). The highest BCUT2D eigenvalue weighted by molar-refractivity contribution is 9.10. The third kappa shape index (κ3) is 5.66. The van der Waals surface area contributed by atoms with Crippen molar-refractivity contribution < 1.29 is 23.3 Å². The van der Waals surface area contributed by atoms with Gasteiger partial charge in [0.1, 0.15) is 12.5 Å². The Labute approximate surface area is 142 Å². The van der Waals surface area contributed by atoms with Gasteiger partial charge in [-0.3, -0.25) is 14.4 Å². The number of hydroxylamine groups is 2. The summed E-state index contributed by atoms with van der Waals surface area (Å²) >= 11 is 11.3. The van der Waals surface area contributed by atoms with Crippen molar-refractivity contribution >= 4 is 54.6 Å². The van der Waals surface area contributed by atoms with Crippen LogP contribution in [0.25, 0.3) is 0 Å². The molecule has 0 bridgehead atoms. The number of halogens is 3. The van der Waals surface area contributed by atoms with E-state index in [-0.39, 0.29) is 17.4 Å². The molecule has 0 fully saturated rings. The van der Waals surface area contributed by atoms with E-state index >= 15 is 0 Å². The molecule has 0 spiro atoms. The largest absolute Gasteiger partial charge is 0.459 e. The summed E-state index contributed by atoms with van der Waals surface area (Å²) in [6.07, 6.45) is 2.84. The maximum atomic E-state index is 11.3. The number of nitrogens with zero attached hydrogens (tertiary/aromatic N) is 1. The first-order chi connectivity index (χ1) is 9.85. The molecule has 0 N–H and O–H groups in total. The Kier molecular flexibility index (Phi) is 7.16. The molecule has 9 heteroatoms. The van der Waals surface area contributed by atoms with E-state index in [1.807, 2.05) is 0 Å². The van der Waals surface area contributed by atoms with Crippen molar-refractivity contribution in [2.75, 3.05) is 14.2 Å². The highest BCUT2D eigenvalue weighted by Crippen LogP contribution is 2.15. The van der Waals surface area contributed by atoms with Gasteiger partial charge in [0.15, 0.2) is 11.5 Å². The van der Waals surface area contributed by atoms with Gasteiger partial charge in [-0.15, -0.1) is 0 Å². The summed E-state index contributed by atoms with van der Waals surface area (Å²) in [7, 11) is 2.93. The molecule has 1 amide bonds. The molecule has 0 saturated carbocycles. The molecule has 114 valence electrons. The molecule has 0 atom stereocenters. The van der Waals surface area contributed by atoms with Crippen LogP contribution < -0.4 is 0 Å². The summed E-state index contributed by atoms with van der Waals surface area (Å²) in [5, 5.41) is 0.506. The van der Waals surface area contributed by atoms with E-state index in [0.29, 0.717) is 4.47 Å². The zero-order valence-electron chi connectivity index (χ0n) is 10.9. The molecule has 0 aliphatic rings. The summed E-state index contributed by atoms with van der Waals surface area (Å²) in [5.41, 5.74) is 0. The summed E-state index contributed by atoms with van der Waals surface area (Å²) in [6.45, 7) is 0.